The Labute approximate surface area is 107 Å². The van der Waals surface area contributed by atoms with E-state index in [4.69, 9.17) is 9.47 Å². The van der Waals surface area contributed by atoms with Gasteiger partial charge in [-0.05, 0) is 31.4 Å². The summed E-state index contributed by atoms with van der Waals surface area (Å²) in [6, 6.07) is 7.66. The number of hydrogen-bond donors (Lipinski definition) is 1. The van der Waals surface area contributed by atoms with Crippen molar-refractivity contribution in [2.45, 2.75) is 25.9 Å². The predicted octanol–water partition coefficient (Wildman–Crippen LogP) is 1.67. The second-order valence-corrected chi connectivity index (χ2v) is 4.49. The number of ether oxygens (including phenoxy) is 2. The van der Waals surface area contributed by atoms with Gasteiger partial charge < -0.3 is 14.8 Å². The molecule has 98 valence electrons. The molecule has 0 spiro atoms. The smallest absolute Gasteiger partial charge is 0.258 e. The van der Waals surface area contributed by atoms with Gasteiger partial charge in [-0.25, -0.2) is 0 Å². The van der Waals surface area contributed by atoms with Crippen molar-refractivity contribution in [1.82, 2.24) is 5.32 Å². The van der Waals surface area contributed by atoms with Crippen LogP contribution in [0.2, 0.25) is 0 Å². The number of amides is 1. The maximum atomic E-state index is 11.6. The highest BCUT2D eigenvalue weighted by molar-refractivity contribution is 5.77. The van der Waals surface area contributed by atoms with Crippen molar-refractivity contribution in [2.75, 3.05) is 19.8 Å². The van der Waals surface area contributed by atoms with Crippen molar-refractivity contribution < 1.29 is 14.3 Å². The lowest BCUT2D eigenvalue weighted by atomic mass is 10.2. The van der Waals surface area contributed by atoms with Crippen molar-refractivity contribution in [2.24, 2.45) is 0 Å². The van der Waals surface area contributed by atoms with Crippen LogP contribution in [0.25, 0.3) is 0 Å². The fraction of sp³-hybridized carbons (Fsp3) is 0.500. The second kappa shape index (κ2) is 6.40. The molecular formula is C14H19NO3. The van der Waals surface area contributed by atoms with Gasteiger partial charge in [0.05, 0.1) is 6.10 Å². The van der Waals surface area contributed by atoms with Crippen LogP contribution in [0.1, 0.15) is 18.4 Å². The highest BCUT2D eigenvalue weighted by Gasteiger charge is 2.16. The summed E-state index contributed by atoms with van der Waals surface area (Å²) in [5.74, 6) is 0.651. The average molecular weight is 249 g/mol. The summed E-state index contributed by atoms with van der Waals surface area (Å²) in [7, 11) is 0. The Hall–Kier alpha value is -1.55. The number of benzene rings is 1. The standard InChI is InChI=1S/C14H19NO3/c1-11-5-2-3-7-13(11)18-10-14(16)15-9-12-6-4-8-17-12/h2-3,5,7,12H,4,6,8-10H2,1H3,(H,15,16)/t12-/m1/s1. The number of carbonyl (C=O) groups is 1. The topological polar surface area (TPSA) is 47.6 Å². The van der Waals surface area contributed by atoms with Crippen LogP contribution in [-0.4, -0.2) is 31.8 Å². The van der Waals surface area contributed by atoms with Gasteiger partial charge in [0.15, 0.2) is 6.61 Å². The largest absolute Gasteiger partial charge is 0.484 e. The van der Waals surface area contributed by atoms with Crippen LogP contribution in [0, 0.1) is 6.92 Å². The lowest BCUT2D eigenvalue weighted by molar-refractivity contribution is -0.123. The van der Waals surface area contributed by atoms with Crippen LogP contribution >= 0.6 is 0 Å². The maximum absolute atomic E-state index is 11.6. The Balaban J connectivity index is 1.69. The first kappa shape index (κ1) is 12.9. The molecular weight excluding hydrogens is 230 g/mol. The molecule has 0 bridgehead atoms. The number of nitrogens with one attached hydrogen (secondary N) is 1. The van der Waals surface area contributed by atoms with Crippen molar-refractivity contribution >= 4 is 5.91 Å². The fourth-order valence-electron chi connectivity index (χ4n) is 1.95. The number of para-hydroxylation sites is 1. The van der Waals surface area contributed by atoms with Crippen molar-refractivity contribution in [3.05, 3.63) is 29.8 Å². The summed E-state index contributed by atoms with van der Waals surface area (Å²) in [5, 5.41) is 2.83. The summed E-state index contributed by atoms with van der Waals surface area (Å²) in [6.45, 7) is 3.40. The Kier molecular flexibility index (Phi) is 4.59. The Morgan fingerprint density at radius 3 is 3.06 bits per heavy atom. The van der Waals surface area contributed by atoms with E-state index < -0.39 is 0 Å². The minimum absolute atomic E-state index is 0.0531. The summed E-state index contributed by atoms with van der Waals surface area (Å²) in [5.41, 5.74) is 1.03. The van der Waals surface area contributed by atoms with E-state index in [9.17, 15) is 4.79 Å². The predicted molar refractivity (Wildman–Crippen MR) is 68.7 cm³/mol. The first-order chi connectivity index (χ1) is 8.75. The third-order valence-corrected chi connectivity index (χ3v) is 3.00. The maximum Gasteiger partial charge on any atom is 0.258 e. The van der Waals surface area contributed by atoms with E-state index in [1.165, 1.54) is 0 Å². The van der Waals surface area contributed by atoms with Crippen LogP contribution < -0.4 is 10.1 Å². The van der Waals surface area contributed by atoms with Crippen LogP contribution in [0.3, 0.4) is 0 Å². The third-order valence-electron chi connectivity index (χ3n) is 3.00. The number of aryl methyl sites for hydroxylation is 1. The molecule has 1 saturated heterocycles. The van der Waals surface area contributed by atoms with E-state index in [0.29, 0.717) is 6.54 Å². The molecule has 18 heavy (non-hydrogen) atoms. The van der Waals surface area contributed by atoms with E-state index in [-0.39, 0.29) is 18.6 Å². The zero-order valence-corrected chi connectivity index (χ0v) is 10.6. The van der Waals surface area contributed by atoms with E-state index in [0.717, 1.165) is 30.8 Å². The molecule has 0 unspecified atom stereocenters. The molecule has 0 radical (unpaired) electrons. The lowest BCUT2D eigenvalue weighted by Gasteiger charge is -2.12. The summed E-state index contributed by atoms with van der Waals surface area (Å²) in [4.78, 5) is 11.6. The van der Waals surface area contributed by atoms with Gasteiger partial charge in [-0.1, -0.05) is 18.2 Å². The average Bonchev–Trinajstić information content (AvgIpc) is 2.88. The van der Waals surface area contributed by atoms with Gasteiger partial charge in [0.25, 0.3) is 5.91 Å². The van der Waals surface area contributed by atoms with Crippen molar-refractivity contribution in [1.29, 1.82) is 0 Å². The minimum Gasteiger partial charge on any atom is -0.484 e. The lowest BCUT2D eigenvalue weighted by Crippen LogP contribution is -2.35. The van der Waals surface area contributed by atoms with Crippen molar-refractivity contribution in [3.8, 4) is 5.75 Å². The molecule has 0 saturated carbocycles. The van der Waals surface area contributed by atoms with Gasteiger partial charge in [-0.15, -0.1) is 0 Å². The van der Waals surface area contributed by atoms with Crippen LogP contribution in [0.15, 0.2) is 24.3 Å². The molecule has 1 aliphatic rings. The van der Waals surface area contributed by atoms with Crippen LogP contribution in [0.5, 0.6) is 5.75 Å². The number of hydrogen-bond acceptors (Lipinski definition) is 3. The highest BCUT2D eigenvalue weighted by Crippen LogP contribution is 2.15. The number of rotatable bonds is 5. The van der Waals surface area contributed by atoms with E-state index >= 15 is 0 Å². The SMILES string of the molecule is Cc1ccccc1OCC(=O)NC[C@H]1CCCO1. The second-order valence-electron chi connectivity index (χ2n) is 4.49. The molecule has 4 nitrogen and oxygen atoms in total. The first-order valence-corrected chi connectivity index (χ1v) is 6.32. The zero-order chi connectivity index (χ0) is 12.8. The molecule has 1 fully saturated rings. The van der Waals surface area contributed by atoms with Crippen LogP contribution in [-0.2, 0) is 9.53 Å². The van der Waals surface area contributed by atoms with Gasteiger partial charge in [0, 0.05) is 13.2 Å². The van der Waals surface area contributed by atoms with Gasteiger partial charge in [-0.2, -0.15) is 0 Å². The molecule has 1 heterocycles. The molecule has 1 amide bonds. The monoisotopic (exact) mass is 249 g/mol. The molecule has 0 aliphatic carbocycles. The molecule has 4 heteroatoms. The van der Waals surface area contributed by atoms with Gasteiger partial charge in [-0.3, -0.25) is 4.79 Å². The quantitative estimate of drug-likeness (QED) is 0.863. The van der Waals surface area contributed by atoms with Crippen molar-refractivity contribution in [3.63, 3.8) is 0 Å². The van der Waals surface area contributed by atoms with Gasteiger partial charge >= 0.3 is 0 Å². The third kappa shape index (κ3) is 3.74. The van der Waals surface area contributed by atoms with Gasteiger partial charge in [0.2, 0.25) is 0 Å². The normalized spacial score (nSPS) is 18.6. The number of carbonyl (C=O) groups excluding carboxylic acids is 1. The first-order valence-electron chi connectivity index (χ1n) is 6.32. The fourth-order valence-corrected chi connectivity index (χ4v) is 1.95. The molecule has 1 N–H and O–H groups in total. The van der Waals surface area contributed by atoms with Crippen LogP contribution in [0.4, 0.5) is 0 Å². The Bertz CT molecular complexity index is 400. The minimum atomic E-state index is -0.103. The van der Waals surface area contributed by atoms with E-state index in [1.54, 1.807) is 0 Å². The molecule has 1 aromatic rings. The zero-order valence-electron chi connectivity index (χ0n) is 10.6. The molecule has 1 atom stereocenters. The van der Waals surface area contributed by atoms with Gasteiger partial charge in [0.1, 0.15) is 5.75 Å². The Morgan fingerprint density at radius 2 is 2.33 bits per heavy atom. The highest BCUT2D eigenvalue weighted by atomic mass is 16.5. The summed E-state index contributed by atoms with van der Waals surface area (Å²) < 4.78 is 10.9. The summed E-state index contributed by atoms with van der Waals surface area (Å²) >= 11 is 0. The molecule has 1 aliphatic heterocycles. The van der Waals surface area contributed by atoms with E-state index in [1.807, 2.05) is 31.2 Å². The molecule has 1 aromatic carbocycles. The molecule has 0 aromatic heterocycles. The summed E-state index contributed by atoms with van der Waals surface area (Å²) in [6.07, 6.45) is 2.28. The molecule has 2 rings (SSSR count). The Morgan fingerprint density at radius 1 is 1.50 bits per heavy atom. The van der Waals surface area contributed by atoms with E-state index in [2.05, 4.69) is 5.32 Å².